The second kappa shape index (κ2) is 5.17. The molecule has 3 rings (SSSR count). The zero-order valence-corrected chi connectivity index (χ0v) is 12.8. The summed E-state index contributed by atoms with van der Waals surface area (Å²) in [7, 11) is 5.48. The molecule has 0 spiro atoms. The maximum absolute atomic E-state index is 5.34. The molecule has 0 aliphatic rings. The Bertz CT molecular complexity index is 785. The number of aromatic nitrogens is 1. The van der Waals surface area contributed by atoms with Gasteiger partial charge < -0.3 is 14.0 Å². The summed E-state index contributed by atoms with van der Waals surface area (Å²) in [6.45, 7) is 2.15. The number of nitrogens with zero attached hydrogens (tertiary/aromatic N) is 1. The molecule has 0 saturated carbocycles. The Labute approximate surface area is 124 Å². The van der Waals surface area contributed by atoms with Gasteiger partial charge in [0.25, 0.3) is 0 Å². The van der Waals surface area contributed by atoms with Crippen LogP contribution in [-0.4, -0.2) is 18.8 Å². The van der Waals surface area contributed by atoms with E-state index in [2.05, 4.69) is 42.8 Å². The van der Waals surface area contributed by atoms with Gasteiger partial charge in [0.2, 0.25) is 0 Å². The normalized spacial score (nSPS) is 10.9. The molecule has 21 heavy (non-hydrogen) atoms. The maximum Gasteiger partial charge on any atom is 0.119 e. The molecule has 0 fully saturated rings. The molecule has 108 valence electrons. The zero-order valence-electron chi connectivity index (χ0n) is 12.8. The number of benzene rings is 2. The number of methoxy groups -OCH3 is 2. The first-order valence-corrected chi connectivity index (χ1v) is 6.93. The molecule has 0 amide bonds. The van der Waals surface area contributed by atoms with E-state index in [1.165, 1.54) is 27.7 Å². The average molecular weight is 281 g/mol. The highest BCUT2D eigenvalue weighted by Gasteiger charge is 2.14. The smallest absolute Gasteiger partial charge is 0.119 e. The highest BCUT2D eigenvalue weighted by molar-refractivity contribution is 5.92. The monoisotopic (exact) mass is 281 g/mol. The van der Waals surface area contributed by atoms with E-state index in [0.29, 0.717) is 0 Å². The van der Waals surface area contributed by atoms with Crippen LogP contribution in [0.4, 0.5) is 0 Å². The fraction of sp³-hybridized carbons (Fsp3) is 0.222. The van der Waals surface area contributed by atoms with Crippen molar-refractivity contribution >= 4 is 10.9 Å². The van der Waals surface area contributed by atoms with Crippen molar-refractivity contribution in [2.75, 3.05) is 14.2 Å². The topological polar surface area (TPSA) is 23.4 Å². The van der Waals surface area contributed by atoms with Crippen molar-refractivity contribution in [3.05, 3.63) is 48.0 Å². The molecular weight excluding hydrogens is 262 g/mol. The predicted molar refractivity (Wildman–Crippen MR) is 86.2 cm³/mol. The van der Waals surface area contributed by atoms with Crippen LogP contribution < -0.4 is 9.47 Å². The lowest BCUT2D eigenvalue weighted by atomic mass is 10.1. The molecule has 3 heteroatoms. The van der Waals surface area contributed by atoms with Gasteiger partial charge in [0.05, 0.1) is 19.9 Å². The fourth-order valence-electron chi connectivity index (χ4n) is 2.89. The Morgan fingerprint density at radius 2 is 1.48 bits per heavy atom. The average Bonchev–Trinajstić information content (AvgIpc) is 2.78. The third-order valence-corrected chi connectivity index (χ3v) is 4.02. The van der Waals surface area contributed by atoms with Crippen LogP contribution in [0, 0.1) is 6.92 Å². The van der Waals surface area contributed by atoms with Crippen molar-refractivity contribution in [1.82, 2.24) is 4.57 Å². The molecule has 0 unspecified atom stereocenters. The quantitative estimate of drug-likeness (QED) is 0.719. The number of fused-ring (bicyclic) bond motifs is 1. The van der Waals surface area contributed by atoms with Crippen LogP contribution >= 0.6 is 0 Å². The molecule has 3 nitrogen and oxygen atoms in total. The van der Waals surface area contributed by atoms with Gasteiger partial charge in [-0.3, -0.25) is 0 Å². The zero-order chi connectivity index (χ0) is 15.0. The molecule has 0 saturated heterocycles. The number of hydrogen-bond donors (Lipinski definition) is 0. The van der Waals surface area contributed by atoms with Crippen molar-refractivity contribution in [2.45, 2.75) is 6.92 Å². The minimum absolute atomic E-state index is 0.872. The van der Waals surface area contributed by atoms with E-state index >= 15 is 0 Å². The third-order valence-electron chi connectivity index (χ3n) is 4.02. The minimum Gasteiger partial charge on any atom is -0.497 e. The largest absolute Gasteiger partial charge is 0.497 e. The van der Waals surface area contributed by atoms with Gasteiger partial charge in [-0.2, -0.15) is 0 Å². The van der Waals surface area contributed by atoms with Crippen LogP contribution in [0.2, 0.25) is 0 Å². The summed E-state index contributed by atoms with van der Waals surface area (Å²) in [5.41, 5.74) is 4.88. The van der Waals surface area contributed by atoms with Crippen LogP contribution in [-0.2, 0) is 7.05 Å². The van der Waals surface area contributed by atoms with Crippen LogP contribution in [0.15, 0.2) is 42.5 Å². The van der Waals surface area contributed by atoms with Crippen molar-refractivity contribution in [1.29, 1.82) is 0 Å². The van der Waals surface area contributed by atoms with Crippen LogP contribution in [0.3, 0.4) is 0 Å². The van der Waals surface area contributed by atoms with E-state index in [9.17, 15) is 0 Å². The summed E-state index contributed by atoms with van der Waals surface area (Å²) in [5.74, 6) is 1.76. The molecule has 0 aliphatic carbocycles. The first kappa shape index (κ1) is 13.6. The summed E-state index contributed by atoms with van der Waals surface area (Å²) < 4.78 is 12.8. The van der Waals surface area contributed by atoms with Crippen LogP contribution in [0.25, 0.3) is 22.2 Å². The number of ether oxygens (including phenoxy) is 2. The summed E-state index contributed by atoms with van der Waals surface area (Å²) >= 11 is 0. The second-order valence-electron chi connectivity index (χ2n) is 5.14. The first-order valence-electron chi connectivity index (χ1n) is 6.93. The van der Waals surface area contributed by atoms with Gasteiger partial charge >= 0.3 is 0 Å². The molecule has 0 radical (unpaired) electrons. The van der Waals surface area contributed by atoms with E-state index in [0.717, 1.165) is 11.5 Å². The molecule has 0 aliphatic heterocycles. The van der Waals surface area contributed by atoms with Gasteiger partial charge in [-0.15, -0.1) is 0 Å². The van der Waals surface area contributed by atoms with Gasteiger partial charge in [0.15, 0.2) is 0 Å². The minimum atomic E-state index is 0.872. The second-order valence-corrected chi connectivity index (χ2v) is 5.14. The van der Waals surface area contributed by atoms with E-state index in [1.807, 2.05) is 18.2 Å². The number of rotatable bonds is 3. The van der Waals surface area contributed by atoms with Gasteiger partial charge in [0.1, 0.15) is 11.5 Å². The molecule has 3 aromatic rings. The fourth-order valence-corrected chi connectivity index (χ4v) is 2.89. The number of aryl methyl sites for hydroxylation is 2. The van der Waals surface area contributed by atoms with E-state index in [4.69, 9.17) is 9.47 Å². The lowest BCUT2D eigenvalue weighted by molar-refractivity contribution is 0.415. The van der Waals surface area contributed by atoms with Crippen molar-refractivity contribution in [3.8, 4) is 22.8 Å². The van der Waals surface area contributed by atoms with Crippen molar-refractivity contribution in [2.24, 2.45) is 7.05 Å². The summed E-state index contributed by atoms with van der Waals surface area (Å²) in [6, 6.07) is 14.4. The summed E-state index contributed by atoms with van der Waals surface area (Å²) in [4.78, 5) is 0. The van der Waals surface area contributed by atoms with E-state index in [-0.39, 0.29) is 0 Å². The van der Waals surface area contributed by atoms with Gasteiger partial charge in [-0.05, 0) is 60.5 Å². The molecule has 2 aromatic carbocycles. The highest BCUT2D eigenvalue weighted by atomic mass is 16.5. The standard InChI is InChI=1S/C18H19NO2/c1-12-16-11-15(21-4)9-10-17(16)19(2)18(12)13-5-7-14(20-3)8-6-13/h5-11H,1-4H3. The van der Waals surface area contributed by atoms with Crippen molar-refractivity contribution in [3.63, 3.8) is 0 Å². The van der Waals surface area contributed by atoms with E-state index in [1.54, 1.807) is 14.2 Å². The lowest BCUT2D eigenvalue weighted by Crippen LogP contribution is -1.92. The first-order chi connectivity index (χ1) is 10.2. The van der Waals surface area contributed by atoms with Crippen molar-refractivity contribution < 1.29 is 9.47 Å². The van der Waals surface area contributed by atoms with Gasteiger partial charge in [-0.1, -0.05) is 0 Å². The highest BCUT2D eigenvalue weighted by Crippen LogP contribution is 2.34. The summed E-state index contributed by atoms with van der Waals surface area (Å²) in [5, 5.41) is 1.22. The number of hydrogen-bond acceptors (Lipinski definition) is 2. The van der Waals surface area contributed by atoms with E-state index < -0.39 is 0 Å². The molecule has 1 aromatic heterocycles. The van der Waals surface area contributed by atoms with Gasteiger partial charge in [-0.25, -0.2) is 0 Å². The Kier molecular flexibility index (Phi) is 3.34. The molecular formula is C18H19NO2. The lowest BCUT2D eigenvalue weighted by Gasteiger charge is -2.07. The third kappa shape index (κ3) is 2.15. The predicted octanol–water partition coefficient (Wildman–Crippen LogP) is 4.17. The van der Waals surface area contributed by atoms with Crippen LogP contribution in [0.1, 0.15) is 5.56 Å². The molecule has 0 N–H and O–H groups in total. The van der Waals surface area contributed by atoms with Crippen LogP contribution in [0.5, 0.6) is 11.5 Å². The SMILES string of the molecule is COc1ccc(-c2c(C)c3cc(OC)ccc3n2C)cc1. The molecule has 0 bridgehead atoms. The maximum atomic E-state index is 5.34. The Hall–Kier alpha value is -2.42. The Morgan fingerprint density at radius 1 is 0.857 bits per heavy atom. The summed E-state index contributed by atoms with van der Waals surface area (Å²) in [6.07, 6.45) is 0. The molecule has 0 atom stereocenters. The Balaban J connectivity index is 2.21. The van der Waals surface area contributed by atoms with Gasteiger partial charge in [0, 0.05) is 18.0 Å². The molecule has 1 heterocycles. The Morgan fingerprint density at radius 3 is 2.10 bits per heavy atom.